The summed E-state index contributed by atoms with van der Waals surface area (Å²) in [6.07, 6.45) is -4.50. The zero-order chi connectivity index (χ0) is 10.9. The molecule has 0 spiro atoms. The van der Waals surface area contributed by atoms with E-state index in [9.17, 15) is 17.6 Å². The van der Waals surface area contributed by atoms with E-state index in [1.165, 1.54) is 0 Å². The van der Waals surface area contributed by atoms with Gasteiger partial charge in [0.2, 0.25) is 0 Å². The lowest BCUT2D eigenvalue weighted by Gasteiger charge is -2.17. The van der Waals surface area contributed by atoms with Crippen LogP contribution in [0.4, 0.5) is 17.6 Å². The number of nitrogens with two attached hydrogens (primary N) is 1. The molecule has 0 aliphatic heterocycles. The molecule has 1 unspecified atom stereocenters. The largest absolute Gasteiger partial charge is 0.407 e. The Balaban J connectivity index is 3.08. The van der Waals surface area contributed by atoms with Gasteiger partial charge in [0, 0.05) is 3.57 Å². The molecule has 0 amide bonds. The van der Waals surface area contributed by atoms with Crippen LogP contribution in [0, 0.1) is 9.39 Å². The van der Waals surface area contributed by atoms with Crippen LogP contribution in [0.3, 0.4) is 0 Å². The van der Waals surface area contributed by atoms with Gasteiger partial charge in [-0.3, -0.25) is 0 Å². The minimum absolute atomic E-state index is 0.112. The predicted octanol–water partition coefficient (Wildman–Crippen LogP) is 2.99. The normalized spacial score (nSPS) is 14.1. The first-order valence-corrected chi connectivity index (χ1v) is 4.67. The summed E-state index contributed by atoms with van der Waals surface area (Å²) in [6.45, 7) is 0. The molecule has 2 N–H and O–H groups in total. The standard InChI is InChI=1S/C8H6F4IN/c9-4-1-2-5(6(13)3-4)7(14)8(10,11)12/h1-3,7H,14H2. The summed E-state index contributed by atoms with van der Waals surface area (Å²) in [5, 5.41) is 0. The van der Waals surface area contributed by atoms with Crippen molar-refractivity contribution in [3.63, 3.8) is 0 Å². The third-order valence-corrected chi connectivity index (χ3v) is 2.58. The van der Waals surface area contributed by atoms with E-state index in [4.69, 9.17) is 5.73 Å². The van der Waals surface area contributed by atoms with Gasteiger partial charge >= 0.3 is 6.18 Å². The molecule has 0 bridgehead atoms. The third-order valence-electron chi connectivity index (χ3n) is 1.65. The summed E-state index contributed by atoms with van der Waals surface area (Å²) >= 11 is 1.62. The minimum Gasteiger partial charge on any atom is -0.316 e. The van der Waals surface area contributed by atoms with Gasteiger partial charge in [-0.05, 0) is 40.3 Å². The molecule has 0 saturated heterocycles. The number of alkyl halides is 3. The number of benzene rings is 1. The quantitative estimate of drug-likeness (QED) is 0.625. The molecule has 0 fully saturated rings. The highest BCUT2D eigenvalue weighted by atomic mass is 127. The summed E-state index contributed by atoms with van der Waals surface area (Å²) < 4.78 is 49.3. The van der Waals surface area contributed by atoms with E-state index in [1.54, 1.807) is 22.6 Å². The van der Waals surface area contributed by atoms with Crippen molar-refractivity contribution < 1.29 is 17.6 Å². The number of halogens is 5. The van der Waals surface area contributed by atoms with E-state index in [-0.39, 0.29) is 9.13 Å². The molecular weight excluding hydrogens is 313 g/mol. The maximum atomic E-state index is 12.6. The van der Waals surface area contributed by atoms with Crippen LogP contribution < -0.4 is 5.73 Å². The number of rotatable bonds is 1. The van der Waals surface area contributed by atoms with Gasteiger partial charge in [0.1, 0.15) is 11.9 Å². The highest BCUT2D eigenvalue weighted by Gasteiger charge is 2.38. The first kappa shape index (κ1) is 11.7. The number of hydrogen-bond donors (Lipinski definition) is 1. The second kappa shape index (κ2) is 4.01. The van der Waals surface area contributed by atoms with E-state index in [0.717, 1.165) is 18.2 Å². The second-order valence-corrected chi connectivity index (χ2v) is 3.85. The van der Waals surface area contributed by atoms with E-state index in [0.29, 0.717) is 0 Å². The van der Waals surface area contributed by atoms with Crippen molar-refractivity contribution in [1.29, 1.82) is 0 Å². The summed E-state index contributed by atoms with van der Waals surface area (Å²) in [5.74, 6) is -0.576. The maximum Gasteiger partial charge on any atom is 0.407 e. The molecule has 0 aromatic heterocycles. The van der Waals surface area contributed by atoms with Gasteiger partial charge in [-0.1, -0.05) is 6.07 Å². The first-order chi connectivity index (χ1) is 6.32. The molecule has 14 heavy (non-hydrogen) atoms. The average Bonchev–Trinajstić information content (AvgIpc) is 2.01. The van der Waals surface area contributed by atoms with Crippen molar-refractivity contribution in [3.8, 4) is 0 Å². The van der Waals surface area contributed by atoms with Gasteiger partial charge in [0.15, 0.2) is 0 Å². The average molecular weight is 319 g/mol. The van der Waals surface area contributed by atoms with Crippen LogP contribution in [0.2, 0.25) is 0 Å². The summed E-state index contributed by atoms with van der Waals surface area (Å²) in [4.78, 5) is 0. The van der Waals surface area contributed by atoms with Crippen LogP contribution in [0.5, 0.6) is 0 Å². The fourth-order valence-corrected chi connectivity index (χ4v) is 1.74. The predicted molar refractivity (Wildman–Crippen MR) is 52.1 cm³/mol. The van der Waals surface area contributed by atoms with E-state index >= 15 is 0 Å². The third kappa shape index (κ3) is 2.57. The summed E-state index contributed by atoms with van der Waals surface area (Å²) in [6, 6.07) is 0.967. The maximum absolute atomic E-state index is 12.6. The lowest BCUT2D eigenvalue weighted by molar-refractivity contribution is -0.149. The highest BCUT2D eigenvalue weighted by molar-refractivity contribution is 14.1. The van der Waals surface area contributed by atoms with Crippen molar-refractivity contribution in [2.45, 2.75) is 12.2 Å². The fourth-order valence-electron chi connectivity index (χ4n) is 0.930. The van der Waals surface area contributed by atoms with E-state index in [2.05, 4.69) is 0 Å². The van der Waals surface area contributed by atoms with Crippen molar-refractivity contribution in [2.24, 2.45) is 5.73 Å². The Labute approximate surface area is 91.4 Å². The summed E-state index contributed by atoms with van der Waals surface area (Å²) in [5.41, 5.74) is 4.86. The Bertz CT molecular complexity index is 337. The van der Waals surface area contributed by atoms with E-state index < -0.39 is 18.0 Å². The molecule has 0 aliphatic carbocycles. The van der Waals surface area contributed by atoms with Crippen molar-refractivity contribution in [1.82, 2.24) is 0 Å². The summed E-state index contributed by atoms with van der Waals surface area (Å²) in [7, 11) is 0. The molecule has 0 radical (unpaired) electrons. The fraction of sp³-hybridized carbons (Fsp3) is 0.250. The van der Waals surface area contributed by atoms with Gasteiger partial charge in [0.05, 0.1) is 0 Å². The van der Waals surface area contributed by atoms with E-state index in [1.807, 2.05) is 0 Å². The molecule has 1 atom stereocenters. The second-order valence-electron chi connectivity index (χ2n) is 2.69. The molecule has 0 saturated carbocycles. The van der Waals surface area contributed by atoms with Crippen molar-refractivity contribution in [2.75, 3.05) is 0 Å². The lowest BCUT2D eigenvalue weighted by Crippen LogP contribution is -2.29. The molecule has 78 valence electrons. The zero-order valence-electron chi connectivity index (χ0n) is 6.78. The van der Waals surface area contributed by atoms with Gasteiger partial charge in [-0.2, -0.15) is 13.2 Å². The molecular formula is C8H6F4IN. The van der Waals surface area contributed by atoms with Crippen molar-refractivity contribution in [3.05, 3.63) is 33.1 Å². The van der Waals surface area contributed by atoms with Gasteiger partial charge in [0.25, 0.3) is 0 Å². The Hall–Kier alpha value is -0.370. The SMILES string of the molecule is NC(c1ccc(F)cc1I)C(F)(F)F. The molecule has 0 heterocycles. The van der Waals surface area contributed by atoms with Crippen LogP contribution in [0.1, 0.15) is 11.6 Å². The Morgan fingerprint density at radius 3 is 2.29 bits per heavy atom. The Morgan fingerprint density at radius 2 is 1.86 bits per heavy atom. The molecule has 1 rings (SSSR count). The molecule has 1 nitrogen and oxygen atoms in total. The van der Waals surface area contributed by atoms with Crippen LogP contribution in [0.25, 0.3) is 0 Å². The van der Waals surface area contributed by atoms with Gasteiger partial charge in [-0.25, -0.2) is 4.39 Å². The van der Waals surface area contributed by atoms with Crippen LogP contribution in [-0.2, 0) is 0 Å². The van der Waals surface area contributed by atoms with Crippen LogP contribution in [0.15, 0.2) is 18.2 Å². The van der Waals surface area contributed by atoms with Gasteiger partial charge < -0.3 is 5.73 Å². The van der Waals surface area contributed by atoms with Crippen molar-refractivity contribution >= 4 is 22.6 Å². The molecule has 1 aromatic rings. The number of hydrogen-bond acceptors (Lipinski definition) is 1. The zero-order valence-corrected chi connectivity index (χ0v) is 8.93. The highest BCUT2D eigenvalue weighted by Crippen LogP contribution is 2.32. The van der Waals surface area contributed by atoms with Crippen LogP contribution >= 0.6 is 22.6 Å². The molecule has 1 aromatic carbocycles. The topological polar surface area (TPSA) is 26.0 Å². The molecule has 6 heteroatoms. The Morgan fingerprint density at radius 1 is 1.29 bits per heavy atom. The lowest BCUT2D eigenvalue weighted by atomic mass is 10.1. The first-order valence-electron chi connectivity index (χ1n) is 3.59. The monoisotopic (exact) mass is 319 g/mol. The Kier molecular flexibility index (Phi) is 3.36. The van der Waals surface area contributed by atoms with Gasteiger partial charge in [-0.15, -0.1) is 0 Å². The minimum atomic E-state index is -4.50. The van der Waals surface area contributed by atoms with Crippen LogP contribution in [-0.4, -0.2) is 6.18 Å². The smallest absolute Gasteiger partial charge is 0.316 e. The molecule has 0 aliphatic rings.